The Labute approximate surface area is 129 Å². The molecule has 4 heteroatoms. The van der Waals surface area contributed by atoms with Crippen molar-refractivity contribution in [1.82, 2.24) is 0 Å². The van der Waals surface area contributed by atoms with E-state index in [2.05, 4.69) is 0 Å². The van der Waals surface area contributed by atoms with E-state index in [1.165, 1.54) is 0 Å². The number of methoxy groups -OCH3 is 2. The van der Waals surface area contributed by atoms with Crippen LogP contribution in [0.15, 0.2) is 30.3 Å². The van der Waals surface area contributed by atoms with Crippen LogP contribution >= 0.6 is 11.6 Å². The summed E-state index contributed by atoms with van der Waals surface area (Å²) in [6, 6.07) is 9.04. The number of aryl methyl sites for hydroxylation is 2. The van der Waals surface area contributed by atoms with Crippen LogP contribution in [0.2, 0.25) is 0 Å². The van der Waals surface area contributed by atoms with Gasteiger partial charge in [0.1, 0.15) is 17.3 Å². The quantitative estimate of drug-likeness (QED) is 0.756. The lowest BCUT2D eigenvalue weighted by Gasteiger charge is -2.15. The first-order valence-electron chi connectivity index (χ1n) is 6.60. The van der Waals surface area contributed by atoms with Crippen molar-refractivity contribution in [2.75, 3.05) is 14.2 Å². The van der Waals surface area contributed by atoms with Gasteiger partial charge in [-0.3, -0.25) is 0 Å². The van der Waals surface area contributed by atoms with Crippen LogP contribution in [-0.2, 0) is 0 Å². The Hall–Kier alpha value is -1.74. The van der Waals surface area contributed by atoms with E-state index in [4.69, 9.17) is 21.1 Å². The van der Waals surface area contributed by atoms with Gasteiger partial charge in [0.15, 0.2) is 0 Å². The van der Waals surface area contributed by atoms with Crippen LogP contribution in [0.25, 0.3) is 0 Å². The first-order valence-corrected chi connectivity index (χ1v) is 7.03. The highest BCUT2D eigenvalue weighted by Gasteiger charge is 2.16. The lowest BCUT2D eigenvalue weighted by Crippen LogP contribution is -1.99. The van der Waals surface area contributed by atoms with Crippen LogP contribution in [-0.4, -0.2) is 14.2 Å². The van der Waals surface area contributed by atoms with Crippen molar-refractivity contribution in [2.24, 2.45) is 0 Å². The molecular formula is C17H18ClFO2. The SMILES string of the molecule is COc1cc(OC)cc(C(Cl)c2cc(C)c(F)c(C)c2)c1. The third kappa shape index (κ3) is 3.30. The predicted octanol–water partition coefficient (Wildman–Crippen LogP) is 4.79. The molecular weight excluding hydrogens is 291 g/mol. The van der Waals surface area contributed by atoms with Crippen molar-refractivity contribution in [3.05, 3.63) is 58.4 Å². The third-order valence-electron chi connectivity index (χ3n) is 3.42. The molecule has 21 heavy (non-hydrogen) atoms. The molecule has 1 atom stereocenters. The summed E-state index contributed by atoms with van der Waals surface area (Å²) in [5.41, 5.74) is 2.87. The van der Waals surface area contributed by atoms with Crippen LogP contribution in [0, 0.1) is 19.7 Å². The predicted molar refractivity (Wildman–Crippen MR) is 83.1 cm³/mol. The molecule has 2 rings (SSSR count). The average molecular weight is 309 g/mol. The Morgan fingerprint density at radius 1 is 0.857 bits per heavy atom. The van der Waals surface area contributed by atoms with Crippen LogP contribution in [0.5, 0.6) is 11.5 Å². The van der Waals surface area contributed by atoms with Gasteiger partial charge in [-0.25, -0.2) is 4.39 Å². The van der Waals surface area contributed by atoms with E-state index in [9.17, 15) is 4.39 Å². The summed E-state index contributed by atoms with van der Waals surface area (Å²) in [7, 11) is 3.18. The highest BCUT2D eigenvalue weighted by Crippen LogP contribution is 2.35. The molecule has 0 saturated carbocycles. The number of ether oxygens (including phenoxy) is 2. The molecule has 112 valence electrons. The maximum Gasteiger partial charge on any atom is 0.129 e. The first kappa shape index (κ1) is 15.6. The number of alkyl halides is 1. The van der Waals surface area contributed by atoms with Gasteiger partial charge in [-0.2, -0.15) is 0 Å². The van der Waals surface area contributed by atoms with Gasteiger partial charge in [0.2, 0.25) is 0 Å². The highest BCUT2D eigenvalue weighted by atomic mass is 35.5. The maximum absolute atomic E-state index is 13.7. The average Bonchev–Trinajstić information content (AvgIpc) is 2.50. The fraction of sp³-hybridized carbons (Fsp3) is 0.294. The Bertz CT molecular complexity index is 610. The summed E-state index contributed by atoms with van der Waals surface area (Å²) in [6.07, 6.45) is 0. The largest absolute Gasteiger partial charge is 0.497 e. The molecule has 0 aliphatic rings. The minimum absolute atomic E-state index is 0.189. The van der Waals surface area contributed by atoms with E-state index in [1.807, 2.05) is 12.1 Å². The minimum atomic E-state index is -0.396. The Kier molecular flexibility index (Phi) is 4.73. The van der Waals surface area contributed by atoms with Gasteiger partial charge in [-0.1, -0.05) is 12.1 Å². The Morgan fingerprint density at radius 3 is 1.71 bits per heavy atom. The van der Waals surface area contributed by atoms with Gasteiger partial charge in [0, 0.05) is 6.07 Å². The van der Waals surface area contributed by atoms with Crippen LogP contribution in [0.1, 0.15) is 27.6 Å². The van der Waals surface area contributed by atoms with Crippen molar-refractivity contribution >= 4 is 11.6 Å². The van der Waals surface area contributed by atoms with Gasteiger partial charge < -0.3 is 9.47 Å². The van der Waals surface area contributed by atoms with Crippen molar-refractivity contribution in [3.63, 3.8) is 0 Å². The van der Waals surface area contributed by atoms with Gasteiger partial charge >= 0.3 is 0 Å². The van der Waals surface area contributed by atoms with Gasteiger partial charge in [0.05, 0.1) is 19.6 Å². The number of hydrogen-bond acceptors (Lipinski definition) is 2. The molecule has 0 spiro atoms. The Balaban J connectivity index is 2.46. The van der Waals surface area contributed by atoms with Gasteiger partial charge in [0.25, 0.3) is 0 Å². The first-order chi connectivity index (χ1) is 9.96. The van der Waals surface area contributed by atoms with Crippen molar-refractivity contribution in [3.8, 4) is 11.5 Å². The van der Waals surface area contributed by atoms with E-state index in [-0.39, 0.29) is 5.82 Å². The smallest absolute Gasteiger partial charge is 0.129 e. The molecule has 0 heterocycles. The summed E-state index contributed by atoms with van der Waals surface area (Å²) in [4.78, 5) is 0. The topological polar surface area (TPSA) is 18.5 Å². The molecule has 2 aromatic carbocycles. The van der Waals surface area contributed by atoms with Crippen LogP contribution in [0.3, 0.4) is 0 Å². The lowest BCUT2D eigenvalue weighted by atomic mass is 9.99. The van der Waals surface area contributed by atoms with Crippen molar-refractivity contribution in [2.45, 2.75) is 19.2 Å². The second-order valence-electron chi connectivity index (χ2n) is 4.98. The summed E-state index contributed by atoms with van der Waals surface area (Å²) >= 11 is 6.55. The van der Waals surface area contributed by atoms with Gasteiger partial charge in [-0.15, -0.1) is 11.6 Å². The second-order valence-corrected chi connectivity index (χ2v) is 5.41. The monoisotopic (exact) mass is 308 g/mol. The minimum Gasteiger partial charge on any atom is -0.497 e. The molecule has 0 aromatic heterocycles. The zero-order valence-electron chi connectivity index (χ0n) is 12.5. The fourth-order valence-electron chi connectivity index (χ4n) is 2.29. The number of rotatable bonds is 4. The molecule has 2 nitrogen and oxygen atoms in total. The van der Waals surface area contributed by atoms with E-state index < -0.39 is 5.38 Å². The van der Waals surface area contributed by atoms with Crippen LogP contribution in [0.4, 0.5) is 4.39 Å². The molecule has 0 N–H and O–H groups in total. The lowest BCUT2D eigenvalue weighted by molar-refractivity contribution is 0.393. The summed E-state index contributed by atoms with van der Waals surface area (Å²) in [6.45, 7) is 3.48. The zero-order chi connectivity index (χ0) is 15.6. The van der Waals surface area contributed by atoms with Crippen molar-refractivity contribution < 1.29 is 13.9 Å². The molecule has 0 radical (unpaired) electrons. The zero-order valence-corrected chi connectivity index (χ0v) is 13.3. The normalized spacial score (nSPS) is 12.1. The maximum atomic E-state index is 13.7. The number of benzene rings is 2. The third-order valence-corrected chi connectivity index (χ3v) is 3.92. The summed E-state index contributed by atoms with van der Waals surface area (Å²) < 4.78 is 24.2. The van der Waals surface area contributed by atoms with E-state index in [0.29, 0.717) is 22.6 Å². The second kappa shape index (κ2) is 6.35. The van der Waals surface area contributed by atoms with Crippen LogP contribution < -0.4 is 9.47 Å². The standard InChI is InChI=1S/C17H18ClFO2/c1-10-5-12(6-11(2)17(10)19)16(18)13-7-14(20-3)9-15(8-13)21-4/h5-9,16H,1-4H3. The molecule has 2 aromatic rings. The highest BCUT2D eigenvalue weighted by molar-refractivity contribution is 6.22. The van der Waals surface area contributed by atoms with E-state index in [1.54, 1.807) is 46.3 Å². The molecule has 0 amide bonds. The van der Waals surface area contributed by atoms with Gasteiger partial charge in [-0.05, 0) is 48.2 Å². The molecule has 0 bridgehead atoms. The molecule has 0 fully saturated rings. The fourth-order valence-corrected chi connectivity index (χ4v) is 2.55. The Morgan fingerprint density at radius 2 is 1.29 bits per heavy atom. The van der Waals surface area contributed by atoms with Crippen molar-refractivity contribution in [1.29, 1.82) is 0 Å². The molecule has 0 aliphatic carbocycles. The number of halogens is 2. The van der Waals surface area contributed by atoms with E-state index >= 15 is 0 Å². The molecule has 1 unspecified atom stereocenters. The molecule has 0 saturated heterocycles. The summed E-state index contributed by atoms with van der Waals surface area (Å²) in [5.74, 6) is 1.15. The number of hydrogen-bond donors (Lipinski definition) is 0. The summed E-state index contributed by atoms with van der Waals surface area (Å²) in [5, 5.41) is -0.396. The van der Waals surface area contributed by atoms with E-state index in [0.717, 1.165) is 11.1 Å². The molecule has 0 aliphatic heterocycles.